The molecule has 0 saturated heterocycles. The van der Waals surface area contributed by atoms with Crippen molar-refractivity contribution in [3.63, 3.8) is 0 Å². The fraction of sp³-hybridized carbons (Fsp3) is 0.667. The molecule has 0 heterocycles. The molecule has 0 spiro atoms. The van der Waals surface area contributed by atoms with Gasteiger partial charge in [-0.1, -0.05) is 38.1 Å². The largest absolute Gasteiger partial charge is 0.478 e. The number of aliphatic hydroxyl groups is 7. The molecule has 0 aromatic heterocycles. The fourth-order valence-electron chi connectivity index (χ4n) is 9.85. The Balaban J connectivity index is 1.54. The SMILES string of the molecule is CC(C)(O)CC[C@@H](O)[C@](C)(O)[C@H]1CC[C@@]2(O)C3=CC(=O)[C@]4(O)C[C@@H](O)[C@](O)(c5ccccc5C=CC(=O)O)C[C@]4(C)[C@H]3CC[C@]12C. The van der Waals surface area contributed by atoms with Gasteiger partial charge in [-0.2, -0.15) is 0 Å². The molecule has 0 radical (unpaired) electrons. The predicted octanol–water partition coefficient (Wildman–Crippen LogP) is 2.59. The zero-order valence-corrected chi connectivity index (χ0v) is 27.4. The molecule has 10 nitrogen and oxygen atoms in total. The lowest BCUT2D eigenvalue weighted by molar-refractivity contribution is -0.238. The van der Waals surface area contributed by atoms with E-state index in [-0.39, 0.29) is 31.2 Å². The summed E-state index contributed by atoms with van der Waals surface area (Å²) < 4.78 is 0. The minimum atomic E-state index is -2.04. The third-order valence-electron chi connectivity index (χ3n) is 12.6. The summed E-state index contributed by atoms with van der Waals surface area (Å²) in [4.78, 5) is 25.2. The fourth-order valence-corrected chi connectivity index (χ4v) is 9.85. The van der Waals surface area contributed by atoms with Crippen LogP contribution < -0.4 is 0 Å². The minimum Gasteiger partial charge on any atom is -0.478 e. The molecule has 5 rings (SSSR count). The van der Waals surface area contributed by atoms with Gasteiger partial charge >= 0.3 is 5.97 Å². The van der Waals surface area contributed by atoms with Gasteiger partial charge in [0.15, 0.2) is 5.78 Å². The highest BCUT2D eigenvalue weighted by Crippen LogP contribution is 2.70. The maximum Gasteiger partial charge on any atom is 0.328 e. The molecule has 254 valence electrons. The Hall–Kier alpha value is -2.44. The number of carbonyl (C=O) groups excluding carboxylic acids is 1. The van der Waals surface area contributed by atoms with E-state index >= 15 is 0 Å². The highest BCUT2D eigenvalue weighted by atomic mass is 16.4. The molecule has 10 atom stereocenters. The molecule has 46 heavy (non-hydrogen) atoms. The van der Waals surface area contributed by atoms with E-state index in [4.69, 9.17) is 0 Å². The standard InChI is InChI=1S/C36H50O10/c1-30(2,42)15-14-26(37)33(5,43)25-13-17-35(45)24-18-27(38)36(46)19-28(39)34(44,20-32(36,4)23(24)12-16-31(25,35)3)22-9-7-6-8-21(22)10-11-29(40)41/h6-11,18,23,25-26,28,37,39,42-46H,12-17,19-20H2,1-5H3,(H,40,41)/t23-,25-,26+,28+,31+,32+,33+,34+,35+,36+/m0/s1. The average molecular weight is 643 g/mol. The molecular formula is C36H50O10. The predicted molar refractivity (Wildman–Crippen MR) is 169 cm³/mol. The van der Waals surface area contributed by atoms with Crippen LogP contribution in [0.15, 0.2) is 42.0 Å². The van der Waals surface area contributed by atoms with Crippen molar-refractivity contribution in [2.75, 3.05) is 0 Å². The average Bonchev–Trinajstić information content (AvgIpc) is 3.24. The summed E-state index contributed by atoms with van der Waals surface area (Å²) >= 11 is 0. The lowest BCUT2D eigenvalue weighted by atomic mass is 9.42. The van der Waals surface area contributed by atoms with Crippen LogP contribution >= 0.6 is 0 Å². The molecule has 0 amide bonds. The third-order valence-corrected chi connectivity index (χ3v) is 12.6. The number of fused-ring (bicyclic) bond motifs is 5. The number of aliphatic hydroxyl groups excluding tert-OH is 2. The number of benzene rings is 1. The molecule has 3 saturated carbocycles. The smallest absolute Gasteiger partial charge is 0.328 e. The van der Waals surface area contributed by atoms with Crippen molar-refractivity contribution in [3.05, 3.63) is 53.1 Å². The number of aliphatic carboxylic acids is 1. The lowest BCUT2D eigenvalue weighted by Crippen LogP contribution is -2.70. The summed E-state index contributed by atoms with van der Waals surface area (Å²) in [6.45, 7) is 8.42. The molecule has 0 unspecified atom stereocenters. The normalized spacial score (nSPS) is 41.3. The van der Waals surface area contributed by atoms with Gasteiger partial charge in [0.25, 0.3) is 0 Å². The molecule has 4 aliphatic carbocycles. The summed E-state index contributed by atoms with van der Waals surface area (Å²) in [6, 6.07) is 6.55. The van der Waals surface area contributed by atoms with E-state index in [9.17, 15) is 50.4 Å². The zero-order chi connectivity index (χ0) is 34.3. The van der Waals surface area contributed by atoms with Gasteiger partial charge in [0.2, 0.25) is 0 Å². The van der Waals surface area contributed by atoms with Gasteiger partial charge in [-0.05, 0) is 106 Å². The first kappa shape index (κ1) is 34.9. The molecule has 10 heteroatoms. The lowest BCUT2D eigenvalue weighted by Gasteiger charge is -2.64. The molecule has 8 N–H and O–H groups in total. The van der Waals surface area contributed by atoms with Crippen LogP contribution in [0, 0.1) is 22.7 Å². The van der Waals surface area contributed by atoms with Crippen LogP contribution in [0.3, 0.4) is 0 Å². The van der Waals surface area contributed by atoms with Crippen LogP contribution in [-0.2, 0) is 15.2 Å². The Morgan fingerprint density at radius 1 is 1.02 bits per heavy atom. The second-order valence-corrected chi connectivity index (χ2v) is 15.9. The first-order valence-corrected chi connectivity index (χ1v) is 16.3. The second kappa shape index (κ2) is 11.1. The van der Waals surface area contributed by atoms with Gasteiger partial charge in [0.1, 0.15) is 11.2 Å². The maximum absolute atomic E-state index is 13.9. The van der Waals surface area contributed by atoms with E-state index in [1.807, 2.05) is 6.92 Å². The van der Waals surface area contributed by atoms with E-state index in [0.717, 1.165) is 6.08 Å². The number of carbonyl (C=O) groups is 2. The van der Waals surface area contributed by atoms with Crippen molar-refractivity contribution in [2.24, 2.45) is 22.7 Å². The van der Waals surface area contributed by atoms with Crippen molar-refractivity contribution >= 4 is 17.8 Å². The number of carboxylic acids is 1. The van der Waals surface area contributed by atoms with Crippen molar-refractivity contribution in [1.29, 1.82) is 0 Å². The summed E-state index contributed by atoms with van der Waals surface area (Å²) in [5.74, 6) is -2.97. The maximum atomic E-state index is 13.9. The van der Waals surface area contributed by atoms with Crippen molar-refractivity contribution in [3.8, 4) is 0 Å². The van der Waals surface area contributed by atoms with E-state index in [1.165, 1.54) is 12.2 Å². The first-order chi connectivity index (χ1) is 21.1. The summed E-state index contributed by atoms with van der Waals surface area (Å²) in [7, 11) is 0. The Morgan fingerprint density at radius 3 is 2.30 bits per heavy atom. The third kappa shape index (κ3) is 5.03. The van der Waals surface area contributed by atoms with Gasteiger partial charge in [0.05, 0.1) is 29.0 Å². The molecule has 1 aromatic carbocycles. The van der Waals surface area contributed by atoms with E-state index in [0.29, 0.717) is 30.4 Å². The van der Waals surface area contributed by atoms with Gasteiger partial charge in [-0.3, -0.25) is 4.79 Å². The number of carboxylic acid groups (broad SMARTS) is 1. The van der Waals surface area contributed by atoms with E-state index in [2.05, 4.69) is 0 Å². The van der Waals surface area contributed by atoms with Crippen LogP contribution in [0.5, 0.6) is 0 Å². The minimum absolute atomic E-state index is 0.153. The number of hydrogen-bond acceptors (Lipinski definition) is 9. The summed E-state index contributed by atoms with van der Waals surface area (Å²) in [5, 5.41) is 90.7. The Bertz CT molecular complexity index is 1460. The highest BCUT2D eigenvalue weighted by molar-refractivity contribution is 6.00. The molecule has 0 aliphatic heterocycles. The van der Waals surface area contributed by atoms with Gasteiger partial charge in [-0.15, -0.1) is 0 Å². The molecule has 0 bridgehead atoms. The van der Waals surface area contributed by atoms with Crippen LogP contribution in [0.2, 0.25) is 0 Å². The van der Waals surface area contributed by atoms with Gasteiger partial charge in [0, 0.05) is 23.3 Å². The first-order valence-electron chi connectivity index (χ1n) is 16.3. The Labute approximate surface area is 270 Å². The van der Waals surface area contributed by atoms with Crippen LogP contribution in [0.25, 0.3) is 6.08 Å². The van der Waals surface area contributed by atoms with Crippen LogP contribution in [0.1, 0.15) is 97.1 Å². The van der Waals surface area contributed by atoms with E-state index in [1.54, 1.807) is 52.0 Å². The summed E-state index contributed by atoms with van der Waals surface area (Å²) in [5.41, 5.74) is -9.41. The second-order valence-electron chi connectivity index (χ2n) is 15.9. The summed E-state index contributed by atoms with van der Waals surface area (Å²) in [6.07, 6.45) is 1.93. The van der Waals surface area contributed by atoms with Crippen molar-refractivity contribution < 1.29 is 50.4 Å². The molecule has 1 aromatic rings. The monoisotopic (exact) mass is 642 g/mol. The Morgan fingerprint density at radius 2 is 1.67 bits per heavy atom. The van der Waals surface area contributed by atoms with Crippen molar-refractivity contribution in [1.82, 2.24) is 0 Å². The Kier molecular flexibility index (Phi) is 8.38. The van der Waals surface area contributed by atoms with Gasteiger partial charge < -0.3 is 40.9 Å². The van der Waals surface area contributed by atoms with E-state index < -0.39 is 81.1 Å². The molecular weight excluding hydrogens is 592 g/mol. The van der Waals surface area contributed by atoms with Crippen molar-refractivity contribution in [2.45, 2.75) is 126 Å². The quantitative estimate of drug-likeness (QED) is 0.195. The number of hydrogen-bond donors (Lipinski definition) is 8. The topological polar surface area (TPSA) is 196 Å². The number of ketones is 1. The zero-order valence-electron chi connectivity index (χ0n) is 27.4. The molecule has 4 aliphatic rings. The highest BCUT2D eigenvalue weighted by Gasteiger charge is 2.73. The number of rotatable bonds is 8. The van der Waals surface area contributed by atoms with Crippen LogP contribution in [-0.4, -0.2) is 87.2 Å². The van der Waals surface area contributed by atoms with Gasteiger partial charge in [-0.25, -0.2) is 4.79 Å². The molecule has 3 fully saturated rings. The van der Waals surface area contributed by atoms with Crippen LogP contribution in [0.4, 0.5) is 0 Å².